The molecule has 17 heavy (non-hydrogen) atoms. The number of aromatic nitrogens is 2. The van der Waals surface area contributed by atoms with Crippen LogP contribution in [0.15, 0.2) is 30.7 Å². The van der Waals surface area contributed by atoms with Gasteiger partial charge in [-0.05, 0) is 26.0 Å². The van der Waals surface area contributed by atoms with Gasteiger partial charge < -0.3 is 5.73 Å². The van der Waals surface area contributed by atoms with E-state index in [4.69, 9.17) is 5.73 Å². The van der Waals surface area contributed by atoms with Crippen LogP contribution < -0.4 is 5.73 Å². The van der Waals surface area contributed by atoms with Crippen molar-refractivity contribution in [3.05, 3.63) is 48.1 Å². The molecule has 90 valence electrons. The van der Waals surface area contributed by atoms with Crippen LogP contribution in [0.1, 0.15) is 19.5 Å². The van der Waals surface area contributed by atoms with Crippen molar-refractivity contribution in [3.63, 3.8) is 0 Å². The second-order valence-corrected chi connectivity index (χ2v) is 4.44. The van der Waals surface area contributed by atoms with E-state index >= 15 is 0 Å². The van der Waals surface area contributed by atoms with E-state index in [-0.39, 0.29) is 5.69 Å². The molecule has 1 aromatic heterocycles. The first-order chi connectivity index (χ1) is 7.91. The Morgan fingerprint density at radius 3 is 2.65 bits per heavy atom. The van der Waals surface area contributed by atoms with Gasteiger partial charge in [0.05, 0.1) is 29.4 Å². The maximum absolute atomic E-state index is 13.7. The van der Waals surface area contributed by atoms with Gasteiger partial charge in [0.25, 0.3) is 0 Å². The molecule has 0 aliphatic carbocycles. The summed E-state index contributed by atoms with van der Waals surface area (Å²) in [7, 11) is 0. The Hall–Kier alpha value is -1.75. The predicted molar refractivity (Wildman–Crippen MR) is 60.7 cm³/mol. The Morgan fingerprint density at radius 2 is 2.00 bits per heavy atom. The molecular weight excluding hydrogens is 224 g/mol. The molecule has 3 nitrogen and oxygen atoms in total. The second kappa shape index (κ2) is 3.92. The van der Waals surface area contributed by atoms with E-state index in [0.29, 0.717) is 5.69 Å². The Morgan fingerprint density at radius 1 is 1.29 bits per heavy atom. The molecule has 0 spiro atoms. The SMILES string of the molecule is CC(C)(N)c1cncn1-c1cccc(F)c1F. The average Bonchev–Trinajstić information content (AvgIpc) is 2.70. The number of hydrogen-bond donors (Lipinski definition) is 1. The maximum Gasteiger partial charge on any atom is 0.182 e. The lowest BCUT2D eigenvalue weighted by Crippen LogP contribution is -2.31. The molecule has 0 unspecified atom stereocenters. The fourth-order valence-corrected chi connectivity index (χ4v) is 1.64. The third-order valence-electron chi connectivity index (χ3n) is 2.49. The van der Waals surface area contributed by atoms with E-state index in [1.807, 2.05) is 0 Å². The predicted octanol–water partition coefficient (Wildman–Crippen LogP) is 2.34. The molecule has 1 heterocycles. The molecule has 5 heteroatoms. The van der Waals surface area contributed by atoms with Crippen molar-refractivity contribution < 1.29 is 8.78 Å². The highest BCUT2D eigenvalue weighted by molar-refractivity contribution is 5.37. The zero-order valence-corrected chi connectivity index (χ0v) is 9.61. The molecule has 2 aromatic rings. The van der Waals surface area contributed by atoms with E-state index in [0.717, 1.165) is 6.07 Å². The summed E-state index contributed by atoms with van der Waals surface area (Å²) >= 11 is 0. The molecule has 0 radical (unpaired) electrons. The van der Waals surface area contributed by atoms with E-state index in [1.54, 1.807) is 20.0 Å². The van der Waals surface area contributed by atoms with Crippen molar-refractivity contribution in [2.45, 2.75) is 19.4 Å². The highest BCUT2D eigenvalue weighted by atomic mass is 19.2. The number of benzene rings is 1. The Kier molecular flexibility index (Phi) is 2.71. The molecular formula is C12H13F2N3. The topological polar surface area (TPSA) is 43.8 Å². The highest BCUT2D eigenvalue weighted by Crippen LogP contribution is 2.23. The smallest absolute Gasteiger partial charge is 0.182 e. The first-order valence-corrected chi connectivity index (χ1v) is 5.17. The zero-order chi connectivity index (χ0) is 12.6. The molecule has 0 saturated carbocycles. The number of rotatable bonds is 2. The molecule has 0 bridgehead atoms. The van der Waals surface area contributed by atoms with E-state index in [2.05, 4.69) is 4.98 Å². The van der Waals surface area contributed by atoms with Gasteiger partial charge in [0.15, 0.2) is 11.6 Å². The zero-order valence-electron chi connectivity index (χ0n) is 9.61. The summed E-state index contributed by atoms with van der Waals surface area (Å²) in [5.41, 5.74) is 5.99. The van der Waals surface area contributed by atoms with Crippen molar-refractivity contribution in [3.8, 4) is 5.69 Å². The first-order valence-electron chi connectivity index (χ1n) is 5.17. The summed E-state index contributed by atoms with van der Waals surface area (Å²) < 4.78 is 28.3. The molecule has 1 aromatic carbocycles. The van der Waals surface area contributed by atoms with Crippen LogP contribution >= 0.6 is 0 Å². The summed E-state index contributed by atoms with van der Waals surface area (Å²) in [5.74, 6) is -1.80. The number of nitrogens with zero attached hydrogens (tertiary/aromatic N) is 2. The van der Waals surface area contributed by atoms with Crippen LogP contribution in [0, 0.1) is 11.6 Å². The van der Waals surface area contributed by atoms with Gasteiger partial charge >= 0.3 is 0 Å². The van der Waals surface area contributed by atoms with Gasteiger partial charge in [-0.2, -0.15) is 0 Å². The lowest BCUT2D eigenvalue weighted by Gasteiger charge is -2.20. The average molecular weight is 237 g/mol. The van der Waals surface area contributed by atoms with E-state index < -0.39 is 17.2 Å². The maximum atomic E-state index is 13.7. The highest BCUT2D eigenvalue weighted by Gasteiger charge is 2.21. The molecule has 0 aliphatic heterocycles. The summed E-state index contributed by atoms with van der Waals surface area (Å²) in [5, 5.41) is 0. The largest absolute Gasteiger partial charge is 0.321 e. The molecule has 2 N–H and O–H groups in total. The van der Waals surface area contributed by atoms with Crippen molar-refractivity contribution in [2.24, 2.45) is 5.73 Å². The summed E-state index contributed by atoms with van der Waals surface area (Å²) in [6, 6.07) is 4.00. The van der Waals surface area contributed by atoms with Crippen LogP contribution in [0.2, 0.25) is 0 Å². The fraction of sp³-hybridized carbons (Fsp3) is 0.250. The Balaban J connectivity index is 2.62. The molecule has 2 rings (SSSR count). The van der Waals surface area contributed by atoms with Gasteiger partial charge in [-0.25, -0.2) is 13.8 Å². The minimum Gasteiger partial charge on any atom is -0.321 e. The second-order valence-electron chi connectivity index (χ2n) is 4.44. The lowest BCUT2D eigenvalue weighted by atomic mass is 10.0. The van der Waals surface area contributed by atoms with Crippen molar-refractivity contribution in [1.82, 2.24) is 9.55 Å². The molecule has 0 aliphatic rings. The van der Waals surface area contributed by atoms with Crippen LogP contribution in [-0.4, -0.2) is 9.55 Å². The van der Waals surface area contributed by atoms with Gasteiger partial charge in [0, 0.05) is 0 Å². The van der Waals surface area contributed by atoms with Gasteiger partial charge in [0.1, 0.15) is 0 Å². The fourth-order valence-electron chi connectivity index (χ4n) is 1.64. The monoisotopic (exact) mass is 237 g/mol. The number of hydrogen-bond acceptors (Lipinski definition) is 2. The standard InChI is InChI=1S/C12H13F2N3/c1-12(2,15)10-6-16-7-17(10)9-5-3-4-8(13)11(9)14/h3-7H,15H2,1-2H3. The summed E-state index contributed by atoms with van der Waals surface area (Å²) in [6.45, 7) is 3.55. The van der Waals surface area contributed by atoms with E-state index in [1.165, 1.54) is 23.0 Å². The lowest BCUT2D eigenvalue weighted by molar-refractivity contribution is 0.492. The van der Waals surface area contributed by atoms with Crippen molar-refractivity contribution in [2.75, 3.05) is 0 Å². The number of imidazole rings is 1. The minimum absolute atomic E-state index is 0.107. The third-order valence-corrected chi connectivity index (χ3v) is 2.49. The Labute approximate surface area is 97.9 Å². The van der Waals surface area contributed by atoms with Gasteiger partial charge in [-0.15, -0.1) is 0 Å². The van der Waals surface area contributed by atoms with Gasteiger partial charge in [-0.3, -0.25) is 4.57 Å². The Bertz CT molecular complexity index is 541. The van der Waals surface area contributed by atoms with Crippen LogP contribution in [0.4, 0.5) is 8.78 Å². The van der Waals surface area contributed by atoms with Crippen molar-refractivity contribution in [1.29, 1.82) is 0 Å². The van der Waals surface area contributed by atoms with Crippen LogP contribution in [-0.2, 0) is 5.54 Å². The van der Waals surface area contributed by atoms with Crippen molar-refractivity contribution >= 4 is 0 Å². The number of halogens is 2. The van der Waals surface area contributed by atoms with Gasteiger partial charge in [0.2, 0.25) is 0 Å². The summed E-state index contributed by atoms with van der Waals surface area (Å²) in [6.07, 6.45) is 2.96. The van der Waals surface area contributed by atoms with Crippen LogP contribution in [0.3, 0.4) is 0 Å². The summed E-state index contributed by atoms with van der Waals surface area (Å²) in [4.78, 5) is 3.93. The molecule has 0 atom stereocenters. The first kappa shape index (κ1) is 11.7. The third kappa shape index (κ3) is 2.06. The minimum atomic E-state index is -0.906. The van der Waals surface area contributed by atoms with Gasteiger partial charge in [-0.1, -0.05) is 6.07 Å². The van der Waals surface area contributed by atoms with Crippen LogP contribution in [0.25, 0.3) is 5.69 Å². The number of nitrogens with two attached hydrogens (primary N) is 1. The van der Waals surface area contributed by atoms with Crippen LogP contribution in [0.5, 0.6) is 0 Å². The van der Waals surface area contributed by atoms with E-state index in [9.17, 15) is 8.78 Å². The molecule has 0 fully saturated rings. The molecule has 0 saturated heterocycles. The normalized spacial score (nSPS) is 11.8. The molecule has 0 amide bonds. The quantitative estimate of drug-likeness (QED) is 0.871.